The van der Waals surface area contributed by atoms with Crippen LogP contribution in [0.5, 0.6) is 0 Å². The predicted octanol–water partition coefficient (Wildman–Crippen LogP) is 19.6. The summed E-state index contributed by atoms with van der Waals surface area (Å²) in [6.45, 7) is 6.61. The first-order valence-electron chi connectivity index (χ1n) is 27.8. The van der Waals surface area contributed by atoms with Crippen LogP contribution in [0.2, 0.25) is 0 Å². The van der Waals surface area contributed by atoms with Crippen LogP contribution in [0.25, 0.3) is 121 Å². The average Bonchev–Trinajstić information content (AvgIpc) is 2.88. The Morgan fingerprint density at radius 1 is 0.329 bits per heavy atom. The van der Waals surface area contributed by atoms with Gasteiger partial charge >= 0.3 is 0 Å². The van der Waals surface area contributed by atoms with Gasteiger partial charge in [-0.15, -0.1) is 0 Å². The molecule has 396 valence electrons. The Bertz CT molecular complexity index is 5350. The van der Waals surface area contributed by atoms with Gasteiger partial charge < -0.3 is 13.7 Å². The number of fused-ring (bicyclic) bond motifs is 12. The number of hydrogen-bond donors (Lipinski definition) is 0. The highest BCUT2D eigenvalue weighted by Gasteiger charge is 2.21. The molecule has 0 spiro atoms. The molecule has 15 aromatic rings. The van der Waals surface area contributed by atoms with Crippen molar-refractivity contribution in [2.75, 3.05) is 0 Å². The van der Waals surface area contributed by atoms with E-state index in [0.29, 0.717) is 11.1 Å². The zero-order chi connectivity index (χ0) is 57.5. The molecule has 1 aliphatic carbocycles. The molecule has 12 aromatic carbocycles. The molecule has 85 heavy (non-hydrogen) atoms. The molecule has 8 heteroatoms. The van der Waals surface area contributed by atoms with Crippen LogP contribution in [-0.4, -0.2) is 13.7 Å². The maximum atomic E-state index is 12.4. The number of benzene rings is 12. The van der Waals surface area contributed by atoms with Gasteiger partial charge in [0.25, 0.3) is 0 Å². The predicted molar refractivity (Wildman–Crippen MR) is 342 cm³/mol. The summed E-state index contributed by atoms with van der Waals surface area (Å²) >= 11 is 0. The van der Waals surface area contributed by atoms with Crippen LogP contribution in [-0.2, 0) is 6.42 Å². The lowest BCUT2D eigenvalue weighted by atomic mass is 9.97. The smallest absolute Gasteiger partial charge is 0.204 e. The van der Waals surface area contributed by atoms with Crippen LogP contribution in [0.15, 0.2) is 267 Å². The van der Waals surface area contributed by atoms with Crippen LogP contribution in [0, 0.1) is 46.4 Å². The van der Waals surface area contributed by atoms with Crippen molar-refractivity contribution in [3.05, 3.63) is 312 Å². The monoisotopic (exact) mass is 1090 g/mol. The molecule has 0 unspecified atom stereocenters. The number of para-hydroxylation sites is 5. The number of nitriles is 3. The van der Waals surface area contributed by atoms with E-state index >= 15 is 0 Å². The highest BCUT2D eigenvalue weighted by Crippen LogP contribution is 2.42. The summed E-state index contributed by atoms with van der Waals surface area (Å²) in [5.41, 5.74) is 21.6. The lowest BCUT2D eigenvalue weighted by molar-refractivity contribution is 0.627. The Balaban J connectivity index is 0.000000131. The minimum atomic E-state index is -0.492. The molecular formula is C77H46FN7. The number of aromatic nitrogens is 3. The molecule has 0 N–H and O–H groups in total. The van der Waals surface area contributed by atoms with Crippen molar-refractivity contribution in [1.29, 1.82) is 15.8 Å². The Morgan fingerprint density at radius 2 is 0.753 bits per heavy atom. The van der Waals surface area contributed by atoms with Gasteiger partial charge in [0.1, 0.15) is 18.0 Å². The van der Waals surface area contributed by atoms with Crippen LogP contribution < -0.4 is 0 Å². The topological polar surface area (TPSA) is 90.5 Å². The van der Waals surface area contributed by atoms with Crippen LogP contribution in [0.3, 0.4) is 0 Å². The number of halogens is 1. The molecule has 0 aliphatic heterocycles. The zero-order valence-electron chi connectivity index (χ0n) is 45.6. The average molecular weight is 1090 g/mol. The molecule has 0 bridgehead atoms. The van der Waals surface area contributed by atoms with E-state index in [-0.39, 0.29) is 11.3 Å². The normalized spacial score (nSPS) is 11.3. The SMILES string of the molecule is N#Cc1ccc(-n2c3ccccc3c3cc(-c4ccc5c(c4)c4ccccc4n5-c4ccccc4)ccc32)cc1C#N.[C-]#[N+]c1ccc(F)cc1C#N.c1ccc(-n2c3ccccc3c3cc(-c4ccc5c(c4)-c4ccccc4C5)ccc32)cc1. The van der Waals surface area contributed by atoms with Gasteiger partial charge in [-0.25, -0.2) is 9.24 Å². The third kappa shape index (κ3) is 8.98. The second-order valence-electron chi connectivity index (χ2n) is 21.0. The van der Waals surface area contributed by atoms with Gasteiger partial charge in [0, 0.05) is 49.4 Å². The molecule has 3 heterocycles. The minimum absolute atomic E-state index is 0.0833. The van der Waals surface area contributed by atoms with E-state index in [2.05, 4.69) is 249 Å². The van der Waals surface area contributed by atoms with Gasteiger partial charge in [0.2, 0.25) is 5.69 Å². The molecule has 0 atom stereocenters. The molecule has 0 saturated carbocycles. The van der Waals surface area contributed by atoms with E-state index in [4.69, 9.17) is 11.8 Å². The number of nitrogens with zero attached hydrogens (tertiary/aromatic N) is 7. The lowest BCUT2D eigenvalue weighted by Gasteiger charge is -2.10. The van der Waals surface area contributed by atoms with Crippen molar-refractivity contribution in [3.63, 3.8) is 0 Å². The highest BCUT2D eigenvalue weighted by molar-refractivity contribution is 6.13. The molecule has 0 fully saturated rings. The summed E-state index contributed by atoms with van der Waals surface area (Å²) in [6.07, 6.45) is 1.04. The van der Waals surface area contributed by atoms with Gasteiger partial charge in [-0.1, -0.05) is 152 Å². The zero-order valence-corrected chi connectivity index (χ0v) is 45.6. The Kier molecular flexibility index (Phi) is 12.9. The summed E-state index contributed by atoms with van der Waals surface area (Å²) in [7, 11) is 0. The van der Waals surface area contributed by atoms with Crippen molar-refractivity contribution < 1.29 is 4.39 Å². The fourth-order valence-corrected chi connectivity index (χ4v) is 12.3. The first kappa shape index (κ1) is 51.1. The van der Waals surface area contributed by atoms with E-state index in [9.17, 15) is 14.9 Å². The van der Waals surface area contributed by atoms with Crippen LogP contribution >= 0.6 is 0 Å². The minimum Gasteiger partial charge on any atom is -0.309 e. The first-order chi connectivity index (χ1) is 41.9. The van der Waals surface area contributed by atoms with Crippen molar-refractivity contribution in [3.8, 4) is 68.7 Å². The molecular weight excluding hydrogens is 1040 g/mol. The van der Waals surface area contributed by atoms with Crippen LogP contribution in [0.4, 0.5) is 10.1 Å². The Hall–Kier alpha value is -12.1. The first-order valence-corrected chi connectivity index (χ1v) is 27.8. The fraction of sp³-hybridized carbons (Fsp3) is 0.0130. The van der Waals surface area contributed by atoms with Gasteiger partial charge in [0.15, 0.2) is 0 Å². The molecule has 7 nitrogen and oxygen atoms in total. The molecule has 0 amide bonds. The lowest BCUT2D eigenvalue weighted by Crippen LogP contribution is -1.96. The van der Waals surface area contributed by atoms with E-state index in [1.54, 1.807) is 18.2 Å². The van der Waals surface area contributed by atoms with E-state index in [1.165, 1.54) is 88.7 Å². The molecule has 3 aromatic heterocycles. The Labute approximate surface area is 489 Å². The van der Waals surface area contributed by atoms with Gasteiger partial charge in [-0.05, 0) is 166 Å². The van der Waals surface area contributed by atoms with Crippen molar-refractivity contribution in [1.82, 2.24) is 13.7 Å². The number of rotatable bonds is 5. The van der Waals surface area contributed by atoms with E-state index < -0.39 is 5.82 Å². The van der Waals surface area contributed by atoms with Crippen molar-refractivity contribution in [2.45, 2.75) is 6.42 Å². The van der Waals surface area contributed by atoms with Crippen molar-refractivity contribution in [2.24, 2.45) is 0 Å². The summed E-state index contributed by atoms with van der Waals surface area (Å²) in [4.78, 5) is 3.04. The summed E-state index contributed by atoms with van der Waals surface area (Å²) in [5.74, 6) is -0.492. The highest BCUT2D eigenvalue weighted by atomic mass is 19.1. The Morgan fingerprint density at radius 3 is 1.26 bits per heavy atom. The van der Waals surface area contributed by atoms with E-state index in [0.717, 1.165) is 62.9 Å². The quantitative estimate of drug-likeness (QED) is 0.161. The summed E-state index contributed by atoms with van der Waals surface area (Å²) in [5, 5.41) is 34.8. The molecule has 1 aliphatic rings. The van der Waals surface area contributed by atoms with Gasteiger partial charge in [-0.3, -0.25) is 0 Å². The van der Waals surface area contributed by atoms with Gasteiger partial charge in [-0.2, -0.15) is 15.8 Å². The standard InChI is InChI=1S/C38H22N4.C31H21N.C8H3FN2/c39-23-27-14-17-30(20-28(27)24-40)42-36-13-7-5-11-32(36)34-22-26(16-19-38(34)42)25-15-18-37-33(21-25)31-10-4-6-12-35(31)41(37)29-8-2-1-3-9-29;1-2-9-25(10-3-1)32-30-13-7-6-12-27(30)29-20-22(16-17-31(29)32)21-14-15-24-18-23-8-4-5-11-26(23)28(24)19-21;1-11-8-3-2-7(9)4-6(8)5-10/h1-22H;1-17,19-20H,18H2;2-4H. The molecule has 0 saturated heterocycles. The largest absolute Gasteiger partial charge is 0.309 e. The van der Waals surface area contributed by atoms with E-state index in [1.807, 2.05) is 18.2 Å². The maximum Gasteiger partial charge on any atom is 0.204 e. The molecule has 0 radical (unpaired) electrons. The number of hydrogen-bond acceptors (Lipinski definition) is 3. The third-order valence-corrected chi connectivity index (χ3v) is 16.2. The maximum absolute atomic E-state index is 12.4. The summed E-state index contributed by atoms with van der Waals surface area (Å²) < 4.78 is 19.3. The fourth-order valence-electron chi connectivity index (χ4n) is 12.3. The van der Waals surface area contributed by atoms with Gasteiger partial charge in [0.05, 0.1) is 62.4 Å². The summed E-state index contributed by atoms with van der Waals surface area (Å²) in [6, 6.07) is 97.7. The second kappa shape index (κ2) is 21.4. The third-order valence-electron chi connectivity index (χ3n) is 16.2. The van der Waals surface area contributed by atoms with Crippen LogP contribution in [0.1, 0.15) is 27.8 Å². The molecule has 16 rings (SSSR count). The van der Waals surface area contributed by atoms with Crippen molar-refractivity contribution >= 4 is 71.1 Å². The second-order valence-corrected chi connectivity index (χ2v) is 21.0.